The molecule has 0 aromatic heterocycles. The van der Waals surface area contributed by atoms with Gasteiger partial charge in [-0.15, -0.1) is 0 Å². The molecule has 0 aliphatic heterocycles. The molecule has 0 aliphatic rings. The summed E-state index contributed by atoms with van der Waals surface area (Å²) in [5, 5.41) is 0. The van der Waals surface area contributed by atoms with Crippen molar-refractivity contribution >= 4 is 41.1 Å². The zero-order chi connectivity index (χ0) is 11.8. The molecule has 1 aromatic rings. The van der Waals surface area contributed by atoms with Gasteiger partial charge in [0.25, 0.3) is 0 Å². The van der Waals surface area contributed by atoms with Crippen LogP contribution in [0.3, 0.4) is 0 Å². The SMILES string of the molecule is Cc1cc(C)c(C(Cl)(Cl)Cl)c(C)c1C=O. The summed E-state index contributed by atoms with van der Waals surface area (Å²) >= 11 is 17.6. The van der Waals surface area contributed by atoms with E-state index >= 15 is 0 Å². The molecule has 15 heavy (non-hydrogen) atoms. The molecule has 1 rings (SSSR count). The van der Waals surface area contributed by atoms with Crippen LogP contribution in [0.25, 0.3) is 0 Å². The summed E-state index contributed by atoms with van der Waals surface area (Å²) in [6, 6.07) is 1.86. The Morgan fingerprint density at radius 3 is 2.07 bits per heavy atom. The van der Waals surface area contributed by atoms with Gasteiger partial charge in [-0.2, -0.15) is 0 Å². The van der Waals surface area contributed by atoms with Gasteiger partial charge in [0.2, 0.25) is 3.79 Å². The number of hydrogen-bond donors (Lipinski definition) is 0. The van der Waals surface area contributed by atoms with E-state index in [9.17, 15) is 4.79 Å². The van der Waals surface area contributed by atoms with Gasteiger partial charge in [0.15, 0.2) is 6.29 Å². The number of halogens is 3. The van der Waals surface area contributed by atoms with E-state index in [4.69, 9.17) is 34.8 Å². The van der Waals surface area contributed by atoms with Gasteiger partial charge in [0.1, 0.15) is 0 Å². The first-order valence-electron chi connectivity index (χ1n) is 4.42. The number of carbonyl (C=O) groups excluding carboxylic acids is 1. The van der Waals surface area contributed by atoms with Crippen LogP contribution in [-0.2, 0) is 3.79 Å². The Hall–Kier alpha value is -0.240. The fourth-order valence-corrected chi connectivity index (χ4v) is 2.69. The topological polar surface area (TPSA) is 17.1 Å². The van der Waals surface area contributed by atoms with Crippen LogP contribution in [0.15, 0.2) is 6.07 Å². The van der Waals surface area contributed by atoms with Crippen molar-refractivity contribution in [3.05, 3.63) is 33.9 Å². The lowest BCUT2D eigenvalue weighted by Crippen LogP contribution is -2.09. The van der Waals surface area contributed by atoms with Gasteiger partial charge in [-0.25, -0.2) is 0 Å². The first-order valence-corrected chi connectivity index (χ1v) is 5.55. The Morgan fingerprint density at radius 1 is 1.13 bits per heavy atom. The largest absolute Gasteiger partial charge is 0.298 e. The maximum atomic E-state index is 10.9. The average Bonchev–Trinajstić information content (AvgIpc) is 2.00. The van der Waals surface area contributed by atoms with E-state index in [2.05, 4.69) is 0 Å². The first-order chi connectivity index (χ1) is 6.79. The van der Waals surface area contributed by atoms with E-state index in [0.717, 1.165) is 23.0 Å². The third-order valence-electron chi connectivity index (χ3n) is 2.43. The Balaban J connectivity index is 3.60. The number of rotatable bonds is 1. The molecule has 0 spiro atoms. The lowest BCUT2D eigenvalue weighted by molar-refractivity contribution is 0.112. The second-order valence-electron chi connectivity index (χ2n) is 3.54. The monoisotopic (exact) mass is 264 g/mol. The van der Waals surface area contributed by atoms with Crippen molar-refractivity contribution in [1.29, 1.82) is 0 Å². The third kappa shape index (κ3) is 2.47. The molecule has 0 saturated heterocycles. The maximum Gasteiger partial charge on any atom is 0.216 e. The van der Waals surface area contributed by atoms with Gasteiger partial charge in [-0.1, -0.05) is 40.9 Å². The summed E-state index contributed by atoms with van der Waals surface area (Å²) in [4.78, 5) is 10.9. The summed E-state index contributed by atoms with van der Waals surface area (Å²) in [6.45, 7) is 5.53. The standard InChI is InChI=1S/C11H11Cl3O/c1-6-4-7(2)10(11(12,13)14)8(3)9(6)5-15/h4-5H,1-3H3. The summed E-state index contributed by atoms with van der Waals surface area (Å²) in [5.74, 6) is 0. The number of carbonyl (C=O) groups is 1. The number of alkyl halides is 3. The van der Waals surface area contributed by atoms with Crippen molar-refractivity contribution < 1.29 is 4.79 Å². The van der Waals surface area contributed by atoms with Crippen molar-refractivity contribution in [2.75, 3.05) is 0 Å². The van der Waals surface area contributed by atoms with Crippen molar-refractivity contribution in [2.45, 2.75) is 24.6 Å². The van der Waals surface area contributed by atoms with E-state index in [1.807, 2.05) is 19.9 Å². The van der Waals surface area contributed by atoms with Crippen LogP contribution in [0.1, 0.15) is 32.6 Å². The van der Waals surface area contributed by atoms with Crippen LogP contribution in [-0.4, -0.2) is 6.29 Å². The average molecular weight is 266 g/mol. The van der Waals surface area contributed by atoms with Gasteiger partial charge >= 0.3 is 0 Å². The molecule has 1 nitrogen and oxygen atoms in total. The highest BCUT2D eigenvalue weighted by Gasteiger charge is 2.28. The van der Waals surface area contributed by atoms with E-state index in [1.54, 1.807) is 6.92 Å². The van der Waals surface area contributed by atoms with E-state index in [-0.39, 0.29) is 0 Å². The summed E-state index contributed by atoms with van der Waals surface area (Å²) < 4.78 is -1.49. The second-order valence-corrected chi connectivity index (χ2v) is 5.82. The Bertz CT molecular complexity index is 405. The predicted molar refractivity (Wildman–Crippen MR) is 65.3 cm³/mol. The molecule has 4 heteroatoms. The van der Waals surface area contributed by atoms with Crippen molar-refractivity contribution in [3.63, 3.8) is 0 Å². The second kappa shape index (κ2) is 4.32. The van der Waals surface area contributed by atoms with Crippen LogP contribution in [0.2, 0.25) is 0 Å². The first kappa shape index (κ1) is 12.8. The summed E-state index contributed by atoms with van der Waals surface area (Å²) in [6.07, 6.45) is 0.796. The molecule has 82 valence electrons. The molecule has 0 atom stereocenters. The van der Waals surface area contributed by atoms with Gasteiger partial charge in [0.05, 0.1) is 0 Å². The third-order valence-corrected chi connectivity index (χ3v) is 3.00. The van der Waals surface area contributed by atoms with E-state index in [1.165, 1.54) is 0 Å². The van der Waals surface area contributed by atoms with Crippen molar-refractivity contribution in [2.24, 2.45) is 0 Å². The van der Waals surface area contributed by atoms with Crippen LogP contribution in [0.5, 0.6) is 0 Å². The van der Waals surface area contributed by atoms with Gasteiger partial charge in [-0.3, -0.25) is 4.79 Å². The normalized spacial score (nSPS) is 11.6. The van der Waals surface area contributed by atoms with Crippen molar-refractivity contribution in [1.82, 2.24) is 0 Å². The zero-order valence-corrected chi connectivity index (χ0v) is 11.0. The fraction of sp³-hybridized carbons (Fsp3) is 0.364. The predicted octanol–water partition coefficient (Wildman–Crippen LogP) is 4.25. The molecule has 0 saturated carbocycles. The highest BCUT2D eigenvalue weighted by Crippen LogP contribution is 2.42. The van der Waals surface area contributed by atoms with Gasteiger partial charge in [0, 0.05) is 11.1 Å². The lowest BCUT2D eigenvalue weighted by Gasteiger charge is -2.20. The maximum absolute atomic E-state index is 10.9. The molecule has 0 heterocycles. The zero-order valence-electron chi connectivity index (χ0n) is 8.70. The van der Waals surface area contributed by atoms with Crippen LogP contribution in [0.4, 0.5) is 0 Å². The summed E-state index contributed by atoms with van der Waals surface area (Å²) in [5.41, 5.74) is 3.72. The number of benzene rings is 1. The lowest BCUT2D eigenvalue weighted by atomic mass is 9.95. The van der Waals surface area contributed by atoms with E-state index < -0.39 is 3.79 Å². The summed E-state index contributed by atoms with van der Waals surface area (Å²) in [7, 11) is 0. The van der Waals surface area contributed by atoms with Gasteiger partial charge in [-0.05, 0) is 37.5 Å². The molecule has 0 unspecified atom stereocenters. The molecule has 1 aromatic carbocycles. The Labute approximate surface area is 104 Å². The number of hydrogen-bond acceptors (Lipinski definition) is 1. The fourth-order valence-electron chi connectivity index (χ4n) is 1.82. The van der Waals surface area contributed by atoms with Crippen LogP contribution in [0, 0.1) is 20.8 Å². The van der Waals surface area contributed by atoms with Crippen LogP contribution < -0.4 is 0 Å². The number of aldehydes is 1. The molecule has 0 fully saturated rings. The molecule has 0 N–H and O–H groups in total. The quantitative estimate of drug-likeness (QED) is 0.548. The highest BCUT2D eigenvalue weighted by atomic mass is 35.6. The number of aryl methyl sites for hydroxylation is 2. The molecular weight excluding hydrogens is 254 g/mol. The molecular formula is C11H11Cl3O. The smallest absolute Gasteiger partial charge is 0.216 e. The van der Waals surface area contributed by atoms with Crippen LogP contribution >= 0.6 is 34.8 Å². The molecule has 0 radical (unpaired) electrons. The minimum Gasteiger partial charge on any atom is -0.298 e. The van der Waals surface area contributed by atoms with E-state index in [0.29, 0.717) is 11.1 Å². The minimum atomic E-state index is -1.49. The molecule has 0 amide bonds. The molecule has 0 aliphatic carbocycles. The Morgan fingerprint density at radius 2 is 1.67 bits per heavy atom. The highest BCUT2D eigenvalue weighted by molar-refractivity contribution is 6.66. The minimum absolute atomic E-state index is 0.597. The van der Waals surface area contributed by atoms with Gasteiger partial charge < -0.3 is 0 Å². The van der Waals surface area contributed by atoms with Crippen molar-refractivity contribution in [3.8, 4) is 0 Å². The molecule has 0 bridgehead atoms. The Kier molecular flexibility index (Phi) is 3.70.